The van der Waals surface area contributed by atoms with Crippen molar-refractivity contribution in [3.63, 3.8) is 0 Å². The fourth-order valence-corrected chi connectivity index (χ4v) is 3.25. The second-order valence-corrected chi connectivity index (χ2v) is 6.71. The summed E-state index contributed by atoms with van der Waals surface area (Å²) in [5.74, 6) is 0. The van der Waals surface area contributed by atoms with E-state index in [-0.39, 0.29) is 17.4 Å². The van der Waals surface area contributed by atoms with Crippen molar-refractivity contribution in [1.82, 2.24) is 5.32 Å². The predicted octanol–water partition coefficient (Wildman–Crippen LogP) is 1.57. The molecule has 0 bridgehead atoms. The molecule has 0 aromatic carbocycles. The zero-order valence-corrected chi connectivity index (χ0v) is 12.6. The number of aliphatic hydroxyl groups is 1. The number of hydrogen-bond acceptors (Lipinski definition) is 4. The van der Waals surface area contributed by atoms with Gasteiger partial charge in [0.1, 0.15) is 0 Å². The smallest absolute Gasteiger partial charge is 0.0655 e. The highest BCUT2D eigenvalue weighted by Crippen LogP contribution is 2.43. The Morgan fingerprint density at radius 1 is 1.32 bits per heavy atom. The minimum atomic E-state index is 0.0189. The summed E-state index contributed by atoms with van der Waals surface area (Å²) in [7, 11) is 0. The van der Waals surface area contributed by atoms with Crippen LogP contribution in [0.3, 0.4) is 0 Å². The maximum absolute atomic E-state index is 9.69. The topological polar surface area (TPSA) is 50.7 Å². The van der Waals surface area contributed by atoms with E-state index in [2.05, 4.69) is 26.1 Å². The molecule has 1 heterocycles. The number of aliphatic hydroxyl groups excluding tert-OH is 1. The highest BCUT2D eigenvalue weighted by molar-refractivity contribution is 5.03. The summed E-state index contributed by atoms with van der Waals surface area (Å²) < 4.78 is 11.2. The normalized spacial score (nSPS) is 32.8. The first-order valence-electron chi connectivity index (χ1n) is 7.58. The monoisotopic (exact) mass is 271 g/mol. The van der Waals surface area contributed by atoms with Crippen molar-refractivity contribution in [2.24, 2.45) is 10.8 Å². The molecule has 0 aromatic heterocycles. The van der Waals surface area contributed by atoms with Gasteiger partial charge in [0.2, 0.25) is 0 Å². The van der Waals surface area contributed by atoms with Crippen LogP contribution in [0.25, 0.3) is 0 Å². The third kappa shape index (κ3) is 3.13. The number of hydrogen-bond donors (Lipinski definition) is 2. The predicted molar refractivity (Wildman–Crippen MR) is 75.2 cm³/mol. The van der Waals surface area contributed by atoms with Crippen LogP contribution < -0.4 is 5.32 Å². The third-order valence-electron chi connectivity index (χ3n) is 5.16. The summed E-state index contributed by atoms with van der Waals surface area (Å²) in [4.78, 5) is 0. The van der Waals surface area contributed by atoms with Crippen molar-refractivity contribution in [2.75, 3.05) is 33.0 Å². The highest BCUT2D eigenvalue weighted by atomic mass is 16.5. The summed E-state index contributed by atoms with van der Waals surface area (Å²) in [6, 6.07) is 0.496. The van der Waals surface area contributed by atoms with Crippen molar-refractivity contribution in [3.8, 4) is 0 Å². The van der Waals surface area contributed by atoms with Crippen molar-refractivity contribution >= 4 is 0 Å². The molecule has 1 aliphatic heterocycles. The fraction of sp³-hybridized carbons (Fsp3) is 1.00. The minimum Gasteiger partial charge on any atom is -0.396 e. The van der Waals surface area contributed by atoms with Crippen LogP contribution in [0.4, 0.5) is 0 Å². The maximum atomic E-state index is 9.69. The van der Waals surface area contributed by atoms with E-state index in [1.165, 1.54) is 0 Å². The van der Waals surface area contributed by atoms with Crippen LogP contribution in [0.15, 0.2) is 0 Å². The Balaban J connectivity index is 1.82. The zero-order valence-electron chi connectivity index (χ0n) is 12.6. The molecular weight excluding hydrogens is 242 g/mol. The van der Waals surface area contributed by atoms with Gasteiger partial charge in [-0.1, -0.05) is 13.8 Å². The van der Waals surface area contributed by atoms with Gasteiger partial charge in [-0.05, 0) is 26.2 Å². The summed E-state index contributed by atoms with van der Waals surface area (Å²) in [5, 5.41) is 13.4. The zero-order chi connectivity index (χ0) is 13.9. The van der Waals surface area contributed by atoms with Crippen molar-refractivity contribution < 1.29 is 14.6 Å². The summed E-state index contributed by atoms with van der Waals surface area (Å²) in [6.07, 6.45) is 3.37. The molecule has 2 fully saturated rings. The SMILES string of the molecule is CCOC1CC(NCC2(CO)CCOCC2)C1(C)C. The Hall–Kier alpha value is -0.160. The molecule has 2 rings (SSSR count). The minimum absolute atomic E-state index is 0.0189. The van der Waals surface area contributed by atoms with Crippen LogP contribution in [0.1, 0.15) is 40.0 Å². The number of nitrogens with one attached hydrogen (secondary N) is 1. The molecule has 1 aliphatic carbocycles. The van der Waals surface area contributed by atoms with E-state index in [1.807, 2.05) is 0 Å². The van der Waals surface area contributed by atoms with Crippen LogP contribution in [0.5, 0.6) is 0 Å². The average Bonchev–Trinajstić information content (AvgIpc) is 2.43. The summed E-state index contributed by atoms with van der Waals surface area (Å²) in [6.45, 7) is 10.1. The fourth-order valence-electron chi connectivity index (χ4n) is 3.25. The first-order valence-corrected chi connectivity index (χ1v) is 7.58. The molecule has 2 unspecified atom stereocenters. The third-order valence-corrected chi connectivity index (χ3v) is 5.16. The van der Waals surface area contributed by atoms with Crippen LogP contribution in [-0.2, 0) is 9.47 Å². The average molecular weight is 271 g/mol. The summed E-state index contributed by atoms with van der Waals surface area (Å²) >= 11 is 0. The van der Waals surface area contributed by atoms with Gasteiger partial charge >= 0.3 is 0 Å². The number of rotatable bonds is 6. The Morgan fingerprint density at radius 2 is 2.00 bits per heavy atom. The van der Waals surface area contributed by atoms with E-state index in [0.717, 1.165) is 45.6 Å². The Morgan fingerprint density at radius 3 is 2.53 bits per heavy atom. The lowest BCUT2D eigenvalue weighted by Gasteiger charge is -2.53. The highest BCUT2D eigenvalue weighted by Gasteiger charge is 2.49. The molecule has 112 valence electrons. The van der Waals surface area contributed by atoms with Gasteiger partial charge in [0.25, 0.3) is 0 Å². The molecule has 1 saturated heterocycles. The Kier molecular flexibility index (Phi) is 4.88. The van der Waals surface area contributed by atoms with Gasteiger partial charge in [-0.2, -0.15) is 0 Å². The van der Waals surface area contributed by atoms with Gasteiger partial charge in [0.15, 0.2) is 0 Å². The van der Waals surface area contributed by atoms with Crippen molar-refractivity contribution in [2.45, 2.75) is 52.2 Å². The van der Waals surface area contributed by atoms with Gasteiger partial charge < -0.3 is 19.9 Å². The van der Waals surface area contributed by atoms with Gasteiger partial charge in [0, 0.05) is 43.2 Å². The lowest BCUT2D eigenvalue weighted by Crippen LogP contribution is -2.62. The summed E-state index contributed by atoms with van der Waals surface area (Å²) in [5.41, 5.74) is 0.211. The van der Waals surface area contributed by atoms with Gasteiger partial charge in [-0.15, -0.1) is 0 Å². The molecule has 19 heavy (non-hydrogen) atoms. The van der Waals surface area contributed by atoms with Crippen molar-refractivity contribution in [1.29, 1.82) is 0 Å². The van der Waals surface area contributed by atoms with Crippen LogP contribution in [-0.4, -0.2) is 50.2 Å². The van der Waals surface area contributed by atoms with Gasteiger partial charge in [0.05, 0.1) is 12.7 Å². The van der Waals surface area contributed by atoms with Gasteiger partial charge in [-0.3, -0.25) is 0 Å². The molecule has 0 radical (unpaired) electrons. The first-order chi connectivity index (χ1) is 9.04. The van der Waals surface area contributed by atoms with E-state index in [9.17, 15) is 5.11 Å². The molecule has 1 saturated carbocycles. The quantitative estimate of drug-likeness (QED) is 0.770. The number of ether oxygens (including phenoxy) is 2. The molecule has 4 heteroatoms. The van der Waals surface area contributed by atoms with Crippen molar-refractivity contribution in [3.05, 3.63) is 0 Å². The van der Waals surface area contributed by atoms with E-state index >= 15 is 0 Å². The standard InChI is InChI=1S/C15H29NO3/c1-4-19-13-9-12(14(13,2)3)16-10-15(11-17)5-7-18-8-6-15/h12-13,16-17H,4-11H2,1-3H3. The maximum Gasteiger partial charge on any atom is 0.0655 e. The first kappa shape index (κ1) is 15.2. The van der Waals surface area contributed by atoms with E-state index < -0.39 is 0 Å². The van der Waals surface area contributed by atoms with Crippen LogP contribution in [0, 0.1) is 10.8 Å². The molecule has 2 N–H and O–H groups in total. The second-order valence-electron chi connectivity index (χ2n) is 6.71. The molecule has 0 spiro atoms. The molecule has 0 amide bonds. The van der Waals surface area contributed by atoms with Crippen LogP contribution >= 0.6 is 0 Å². The molecule has 2 atom stereocenters. The Bertz CT molecular complexity index is 287. The lowest BCUT2D eigenvalue weighted by molar-refractivity contribution is -0.118. The van der Waals surface area contributed by atoms with E-state index in [0.29, 0.717) is 12.1 Å². The Labute approximate surface area is 116 Å². The van der Waals surface area contributed by atoms with E-state index in [1.54, 1.807) is 0 Å². The lowest BCUT2D eigenvalue weighted by atomic mass is 9.64. The molecule has 2 aliphatic rings. The molecule has 0 aromatic rings. The van der Waals surface area contributed by atoms with Crippen LogP contribution in [0.2, 0.25) is 0 Å². The molecule has 4 nitrogen and oxygen atoms in total. The molecular formula is C15H29NO3. The van der Waals surface area contributed by atoms with E-state index in [4.69, 9.17) is 9.47 Å². The largest absolute Gasteiger partial charge is 0.396 e. The second kappa shape index (κ2) is 6.08. The van der Waals surface area contributed by atoms with Gasteiger partial charge in [-0.25, -0.2) is 0 Å².